The van der Waals surface area contributed by atoms with E-state index in [0.717, 1.165) is 22.3 Å². The van der Waals surface area contributed by atoms with Gasteiger partial charge in [-0.3, -0.25) is 10.1 Å². The molecule has 1 N–H and O–H groups in total. The molecule has 0 atom stereocenters. The molecule has 2 aromatic heterocycles. The Morgan fingerprint density at radius 3 is 2.71 bits per heavy atom. The fourth-order valence-electron chi connectivity index (χ4n) is 1.73. The van der Waals surface area contributed by atoms with Crippen LogP contribution in [0.2, 0.25) is 0 Å². The van der Waals surface area contributed by atoms with E-state index in [1.165, 1.54) is 0 Å². The van der Waals surface area contributed by atoms with Gasteiger partial charge >= 0.3 is 0 Å². The molecule has 0 amide bonds. The summed E-state index contributed by atoms with van der Waals surface area (Å²) in [5.41, 5.74) is 3.88. The molecule has 0 aliphatic rings. The number of rotatable bonds is 2. The first-order valence-electron chi connectivity index (χ1n) is 5.46. The number of H-pyrrole nitrogens is 1. The molecular formula is C14H11N3. The third kappa shape index (κ3) is 1.95. The van der Waals surface area contributed by atoms with Gasteiger partial charge in [-0.25, -0.2) is 0 Å². The van der Waals surface area contributed by atoms with E-state index in [9.17, 15) is 0 Å². The molecule has 0 spiro atoms. The standard InChI is InChI=1S/C14H11N3/c1-2-5-11(6-3-1)8-9-13-14-12(16-17-13)7-4-10-15-14/h1-10H,(H,16,17). The van der Waals surface area contributed by atoms with E-state index in [1.807, 2.05) is 42.5 Å². The number of benzene rings is 1. The minimum atomic E-state index is 0.865. The summed E-state index contributed by atoms with van der Waals surface area (Å²) in [7, 11) is 0. The largest absolute Gasteiger partial charge is 0.276 e. The quantitative estimate of drug-likeness (QED) is 0.722. The van der Waals surface area contributed by atoms with Crippen LogP contribution in [-0.4, -0.2) is 15.2 Å². The lowest BCUT2D eigenvalue weighted by Gasteiger charge is -1.90. The first-order valence-corrected chi connectivity index (χ1v) is 5.46. The van der Waals surface area contributed by atoms with E-state index in [2.05, 4.69) is 27.3 Å². The number of aromatic amines is 1. The summed E-state index contributed by atoms with van der Waals surface area (Å²) in [6.45, 7) is 0. The van der Waals surface area contributed by atoms with E-state index in [1.54, 1.807) is 6.20 Å². The Balaban J connectivity index is 1.98. The van der Waals surface area contributed by atoms with Crippen LogP contribution >= 0.6 is 0 Å². The third-order valence-corrected chi connectivity index (χ3v) is 2.58. The van der Waals surface area contributed by atoms with Gasteiger partial charge in [0, 0.05) is 6.20 Å². The van der Waals surface area contributed by atoms with Gasteiger partial charge in [-0.1, -0.05) is 36.4 Å². The second kappa shape index (κ2) is 4.22. The topological polar surface area (TPSA) is 41.6 Å². The zero-order valence-electron chi connectivity index (χ0n) is 9.17. The summed E-state index contributed by atoms with van der Waals surface area (Å²) in [5.74, 6) is 0. The smallest absolute Gasteiger partial charge is 0.115 e. The van der Waals surface area contributed by atoms with Crippen molar-refractivity contribution in [2.24, 2.45) is 0 Å². The highest BCUT2D eigenvalue weighted by Gasteiger charge is 2.01. The maximum absolute atomic E-state index is 4.31. The molecule has 3 nitrogen and oxygen atoms in total. The highest BCUT2D eigenvalue weighted by molar-refractivity contribution is 5.85. The van der Waals surface area contributed by atoms with Crippen molar-refractivity contribution in [2.45, 2.75) is 0 Å². The van der Waals surface area contributed by atoms with Gasteiger partial charge in [-0.05, 0) is 23.8 Å². The van der Waals surface area contributed by atoms with Crippen molar-refractivity contribution in [3.63, 3.8) is 0 Å². The molecule has 0 fully saturated rings. The zero-order chi connectivity index (χ0) is 11.5. The summed E-state index contributed by atoms with van der Waals surface area (Å²) in [6, 6.07) is 14.0. The van der Waals surface area contributed by atoms with Crippen molar-refractivity contribution >= 4 is 23.2 Å². The molecule has 0 saturated carbocycles. The van der Waals surface area contributed by atoms with Crippen LogP contribution in [0.15, 0.2) is 48.7 Å². The number of pyridine rings is 1. The van der Waals surface area contributed by atoms with Crippen LogP contribution in [0.1, 0.15) is 11.3 Å². The highest BCUT2D eigenvalue weighted by atomic mass is 15.1. The van der Waals surface area contributed by atoms with Crippen LogP contribution in [-0.2, 0) is 0 Å². The van der Waals surface area contributed by atoms with Crippen molar-refractivity contribution < 1.29 is 0 Å². The second-order valence-corrected chi connectivity index (χ2v) is 3.75. The number of nitrogens with one attached hydrogen (secondary N) is 1. The van der Waals surface area contributed by atoms with Crippen molar-refractivity contribution in [3.8, 4) is 0 Å². The molecule has 0 aliphatic carbocycles. The maximum Gasteiger partial charge on any atom is 0.115 e. The minimum Gasteiger partial charge on any atom is -0.276 e. The van der Waals surface area contributed by atoms with Crippen molar-refractivity contribution in [2.75, 3.05) is 0 Å². The summed E-state index contributed by atoms with van der Waals surface area (Å²) in [6.07, 6.45) is 5.78. The summed E-state index contributed by atoms with van der Waals surface area (Å²) in [5, 5.41) is 7.20. The van der Waals surface area contributed by atoms with E-state index in [0.29, 0.717) is 0 Å². The Labute approximate surface area is 98.8 Å². The van der Waals surface area contributed by atoms with Gasteiger partial charge < -0.3 is 0 Å². The fourth-order valence-corrected chi connectivity index (χ4v) is 1.73. The van der Waals surface area contributed by atoms with Crippen molar-refractivity contribution in [1.82, 2.24) is 15.2 Å². The van der Waals surface area contributed by atoms with Crippen LogP contribution in [0.4, 0.5) is 0 Å². The SMILES string of the molecule is C(=Cc1n[nH]c2cccnc12)c1ccccc1. The van der Waals surface area contributed by atoms with Gasteiger partial charge in [0.1, 0.15) is 11.2 Å². The van der Waals surface area contributed by atoms with Crippen LogP contribution in [0.3, 0.4) is 0 Å². The predicted octanol–water partition coefficient (Wildman–Crippen LogP) is 3.13. The van der Waals surface area contributed by atoms with E-state index < -0.39 is 0 Å². The van der Waals surface area contributed by atoms with Gasteiger partial charge in [0.15, 0.2) is 0 Å². The molecule has 3 heteroatoms. The van der Waals surface area contributed by atoms with Crippen molar-refractivity contribution in [3.05, 3.63) is 59.9 Å². The minimum absolute atomic E-state index is 0.865. The van der Waals surface area contributed by atoms with Crippen LogP contribution in [0, 0.1) is 0 Å². The Bertz CT molecular complexity index is 653. The van der Waals surface area contributed by atoms with Crippen molar-refractivity contribution in [1.29, 1.82) is 0 Å². The Morgan fingerprint density at radius 1 is 0.941 bits per heavy atom. The number of fused-ring (bicyclic) bond motifs is 1. The Morgan fingerprint density at radius 2 is 1.82 bits per heavy atom. The number of hydrogen-bond acceptors (Lipinski definition) is 2. The lowest BCUT2D eigenvalue weighted by molar-refractivity contribution is 1.11. The molecule has 0 radical (unpaired) electrons. The lowest BCUT2D eigenvalue weighted by atomic mass is 10.2. The number of aromatic nitrogens is 3. The molecule has 82 valence electrons. The molecule has 0 aliphatic heterocycles. The van der Waals surface area contributed by atoms with Gasteiger partial charge in [-0.2, -0.15) is 5.10 Å². The van der Waals surface area contributed by atoms with Crippen LogP contribution in [0.5, 0.6) is 0 Å². The summed E-state index contributed by atoms with van der Waals surface area (Å²) >= 11 is 0. The molecule has 1 aromatic carbocycles. The summed E-state index contributed by atoms with van der Waals surface area (Å²) < 4.78 is 0. The van der Waals surface area contributed by atoms with E-state index >= 15 is 0 Å². The van der Waals surface area contributed by atoms with E-state index in [4.69, 9.17) is 0 Å². The molecule has 0 unspecified atom stereocenters. The first-order chi connectivity index (χ1) is 8.43. The molecule has 0 bridgehead atoms. The van der Waals surface area contributed by atoms with E-state index in [-0.39, 0.29) is 0 Å². The normalized spacial score (nSPS) is 11.3. The molecule has 0 saturated heterocycles. The summed E-state index contributed by atoms with van der Waals surface area (Å²) in [4.78, 5) is 4.31. The number of hydrogen-bond donors (Lipinski definition) is 1. The van der Waals surface area contributed by atoms with Gasteiger partial charge in [0.25, 0.3) is 0 Å². The lowest BCUT2D eigenvalue weighted by Crippen LogP contribution is -1.76. The van der Waals surface area contributed by atoms with Crippen LogP contribution < -0.4 is 0 Å². The second-order valence-electron chi connectivity index (χ2n) is 3.75. The molecule has 2 heterocycles. The van der Waals surface area contributed by atoms with Gasteiger partial charge in [-0.15, -0.1) is 0 Å². The zero-order valence-corrected chi connectivity index (χ0v) is 9.17. The Kier molecular flexibility index (Phi) is 2.43. The van der Waals surface area contributed by atoms with Gasteiger partial charge in [0.2, 0.25) is 0 Å². The highest BCUT2D eigenvalue weighted by Crippen LogP contribution is 2.14. The average molecular weight is 221 g/mol. The monoisotopic (exact) mass is 221 g/mol. The molecule has 17 heavy (non-hydrogen) atoms. The maximum atomic E-state index is 4.31. The van der Waals surface area contributed by atoms with Gasteiger partial charge in [0.05, 0.1) is 5.52 Å². The molecule has 3 aromatic rings. The molecular weight excluding hydrogens is 210 g/mol. The Hall–Kier alpha value is -2.42. The predicted molar refractivity (Wildman–Crippen MR) is 69.3 cm³/mol. The first kappa shape index (κ1) is 9.78. The molecule has 3 rings (SSSR count). The van der Waals surface area contributed by atoms with Crippen LogP contribution in [0.25, 0.3) is 23.2 Å². The number of nitrogens with zero attached hydrogens (tertiary/aromatic N) is 2. The average Bonchev–Trinajstić information content (AvgIpc) is 2.81. The third-order valence-electron chi connectivity index (χ3n) is 2.58. The fraction of sp³-hybridized carbons (Fsp3) is 0.